The Morgan fingerprint density at radius 1 is 0.369 bits per heavy atom. The summed E-state index contributed by atoms with van der Waals surface area (Å²) in [6.07, 6.45) is 0. The van der Waals surface area contributed by atoms with Crippen LogP contribution in [0.3, 0.4) is 0 Å². The van der Waals surface area contributed by atoms with Crippen LogP contribution in [-0.2, 0) is 0 Å². The first kappa shape index (κ1) is 38.1. The van der Waals surface area contributed by atoms with Crippen LogP contribution in [0.25, 0.3) is 111 Å². The maximum Gasteiger partial charge on any atom is 0.123 e. The van der Waals surface area contributed by atoms with E-state index >= 15 is 4.39 Å². The molecule has 13 rings (SSSR count). The van der Waals surface area contributed by atoms with Gasteiger partial charge in [0.1, 0.15) is 23.8 Å². The lowest BCUT2D eigenvalue weighted by atomic mass is 9.84. The van der Waals surface area contributed by atoms with Gasteiger partial charge in [-0.05, 0) is 150 Å². The van der Waals surface area contributed by atoms with Crippen LogP contribution in [0.4, 0.5) is 8.78 Å². The van der Waals surface area contributed by atoms with E-state index in [0.717, 1.165) is 99.2 Å². The molecule has 9 aromatic carbocycles. The van der Waals surface area contributed by atoms with Crippen LogP contribution in [0, 0.1) is 55.1 Å². The molecule has 4 heterocycles. The van der Waals surface area contributed by atoms with Crippen molar-refractivity contribution in [2.45, 2.75) is 20.8 Å². The van der Waals surface area contributed by atoms with E-state index in [1.807, 2.05) is 48.5 Å². The largest absolute Gasteiger partial charge is 0.307 e. The molecule has 6 heteroatoms. The molecular weight excluding hydrogens is 803 g/mol. The van der Waals surface area contributed by atoms with Crippen molar-refractivity contribution in [3.63, 3.8) is 0 Å². The smallest absolute Gasteiger partial charge is 0.123 e. The summed E-state index contributed by atoms with van der Waals surface area (Å²) in [4.78, 5) is 0. The number of rotatable bonds is 3. The summed E-state index contributed by atoms with van der Waals surface area (Å²) in [7, 11) is 0. The van der Waals surface area contributed by atoms with Crippen molar-refractivity contribution < 1.29 is 8.78 Å². The zero-order chi connectivity index (χ0) is 44.2. The van der Waals surface area contributed by atoms with Crippen molar-refractivity contribution in [3.8, 4) is 79.1 Å². The summed E-state index contributed by atoms with van der Waals surface area (Å²) in [5.74, 6) is -0.666. The SMILES string of the molecule is Cc1ccc2c(c1)c1cc(C)ccc1n2-c1c(C#N)c(-c2cccc(-c3ccc(F)cc3)c2)c(C#N)c2c1-c1cccc(c1)-c1ccc(F)cc1-c1ccc3c(c1)c1cc(C)ccc1n3-2. The quantitative estimate of drug-likeness (QED) is 0.178. The Morgan fingerprint density at radius 2 is 0.800 bits per heavy atom. The van der Waals surface area contributed by atoms with E-state index < -0.39 is 0 Å². The predicted octanol–water partition coefficient (Wildman–Crippen LogP) is 15.5. The average Bonchev–Trinajstić information content (AvgIpc) is 3.80. The second kappa shape index (κ2) is 14.2. The Labute approximate surface area is 373 Å². The Hall–Kier alpha value is -8.58. The summed E-state index contributed by atoms with van der Waals surface area (Å²) >= 11 is 0. The van der Waals surface area contributed by atoms with Crippen LogP contribution in [-0.4, -0.2) is 9.13 Å². The summed E-state index contributed by atoms with van der Waals surface area (Å²) in [5.41, 5.74) is 16.4. The second-order valence-corrected chi connectivity index (χ2v) is 17.2. The third-order valence-electron chi connectivity index (χ3n) is 13.2. The number of nitriles is 2. The molecular formula is C59H36F2N4. The molecule has 2 aliphatic heterocycles. The van der Waals surface area contributed by atoms with Crippen LogP contribution in [0.15, 0.2) is 164 Å². The first-order valence-corrected chi connectivity index (χ1v) is 21.6. The highest BCUT2D eigenvalue weighted by molar-refractivity contribution is 6.15. The predicted molar refractivity (Wildman–Crippen MR) is 259 cm³/mol. The van der Waals surface area contributed by atoms with Crippen molar-refractivity contribution in [3.05, 3.63) is 203 Å². The Balaban J connectivity index is 1.36. The number of aryl methyl sites for hydroxylation is 3. The van der Waals surface area contributed by atoms with Crippen LogP contribution in [0.5, 0.6) is 0 Å². The zero-order valence-corrected chi connectivity index (χ0v) is 35.6. The highest BCUT2D eigenvalue weighted by Crippen LogP contribution is 2.51. The van der Waals surface area contributed by atoms with Crippen molar-refractivity contribution >= 4 is 43.6 Å². The van der Waals surface area contributed by atoms with Gasteiger partial charge in [-0.3, -0.25) is 0 Å². The third-order valence-corrected chi connectivity index (χ3v) is 13.2. The van der Waals surface area contributed by atoms with Crippen LogP contribution in [0.2, 0.25) is 0 Å². The van der Waals surface area contributed by atoms with E-state index in [-0.39, 0.29) is 11.6 Å². The van der Waals surface area contributed by atoms with Gasteiger partial charge in [-0.2, -0.15) is 10.5 Å². The van der Waals surface area contributed by atoms with Gasteiger partial charge in [0.15, 0.2) is 0 Å². The minimum Gasteiger partial charge on any atom is -0.307 e. The molecule has 0 amide bonds. The van der Waals surface area contributed by atoms with E-state index in [1.54, 1.807) is 18.2 Å². The Kier molecular flexibility index (Phi) is 8.34. The minimum absolute atomic E-state index is 0.329. The number of fused-ring (bicyclic) bond motifs is 5. The number of benzene rings is 9. The van der Waals surface area contributed by atoms with Gasteiger partial charge in [-0.1, -0.05) is 95.6 Å². The summed E-state index contributed by atoms with van der Waals surface area (Å²) in [5, 5.41) is 27.8. The third kappa shape index (κ3) is 5.71. The molecule has 65 heavy (non-hydrogen) atoms. The van der Waals surface area contributed by atoms with Crippen LogP contribution < -0.4 is 0 Å². The summed E-state index contributed by atoms with van der Waals surface area (Å²) in [6.45, 7) is 6.25. The maximum absolute atomic E-state index is 15.4. The lowest BCUT2D eigenvalue weighted by Crippen LogP contribution is -2.11. The standard InChI is InChI=1S/C59H36F2N4/c1-33-10-20-52-46(24-33)47-25-34(2)11-21-53(47)64(52)58-50(31-62)56(40-8-4-6-37(27-40)36-13-16-42(60)17-14-36)51(32-63)59-57(58)41-9-5-7-38(28-41)44-19-18-43(61)30-45(44)39-15-23-55-49(29-39)48-26-35(3)12-22-54(48)65(55)59/h4-30H,1-3H3. The first-order valence-electron chi connectivity index (χ1n) is 21.6. The normalized spacial score (nSPS) is 11.7. The highest BCUT2D eigenvalue weighted by Gasteiger charge is 2.32. The molecule has 4 nitrogen and oxygen atoms in total. The lowest BCUT2D eigenvalue weighted by Gasteiger charge is -2.26. The fraction of sp³-hybridized carbons (Fsp3) is 0.0508. The molecule has 0 saturated heterocycles. The van der Waals surface area contributed by atoms with Gasteiger partial charge in [0, 0.05) is 32.7 Å². The monoisotopic (exact) mass is 838 g/mol. The Bertz CT molecular complexity index is 3910. The molecule has 2 aliphatic rings. The molecule has 6 bridgehead atoms. The topological polar surface area (TPSA) is 57.4 Å². The van der Waals surface area contributed by atoms with Crippen molar-refractivity contribution in [1.82, 2.24) is 9.13 Å². The second-order valence-electron chi connectivity index (χ2n) is 17.2. The average molecular weight is 839 g/mol. The van der Waals surface area contributed by atoms with Gasteiger partial charge < -0.3 is 9.13 Å². The number of nitrogens with zero attached hydrogens (tertiary/aromatic N) is 4. The van der Waals surface area contributed by atoms with Crippen LogP contribution in [0.1, 0.15) is 27.8 Å². The first-order chi connectivity index (χ1) is 31.7. The number of hydrogen-bond acceptors (Lipinski definition) is 2. The molecule has 0 saturated carbocycles. The van der Waals surface area contributed by atoms with E-state index in [1.165, 1.54) is 18.2 Å². The maximum atomic E-state index is 15.4. The molecule has 0 spiro atoms. The van der Waals surface area contributed by atoms with Gasteiger partial charge in [-0.25, -0.2) is 8.78 Å². The van der Waals surface area contributed by atoms with Crippen LogP contribution >= 0.6 is 0 Å². The minimum atomic E-state index is -0.335. The molecule has 0 radical (unpaired) electrons. The fourth-order valence-corrected chi connectivity index (χ4v) is 10.3. The molecule has 0 unspecified atom stereocenters. The highest BCUT2D eigenvalue weighted by atomic mass is 19.1. The Morgan fingerprint density at radius 3 is 1.35 bits per heavy atom. The lowest BCUT2D eigenvalue weighted by molar-refractivity contribution is 0.628. The molecule has 0 atom stereocenters. The number of aromatic nitrogens is 2. The van der Waals surface area contributed by atoms with Gasteiger partial charge in [0.2, 0.25) is 0 Å². The molecule has 0 aliphatic carbocycles. The molecule has 0 fully saturated rings. The van der Waals surface area contributed by atoms with Gasteiger partial charge >= 0.3 is 0 Å². The number of halogens is 2. The molecule has 306 valence electrons. The summed E-state index contributed by atoms with van der Waals surface area (Å²) < 4.78 is 34.0. The van der Waals surface area contributed by atoms with Gasteiger partial charge in [0.05, 0.1) is 44.6 Å². The van der Waals surface area contributed by atoms with Gasteiger partial charge in [0.25, 0.3) is 0 Å². The molecule has 11 aromatic rings. The van der Waals surface area contributed by atoms with E-state index in [2.05, 4.69) is 121 Å². The zero-order valence-electron chi connectivity index (χ0n) is 35.6. The van der Waals surface area contributed by atoms with Gasteiger partial charge in [-0.15, -0.1) is 0 Å². The number of hydrogen-bond donors (Lipinski definition) is 0. The van der Waals surface area contributed by atoms with Crippen molar-refractivity contribution in [1.29, 1.82) is 10.5 Å². The van der Waals surface area contributed by atoms with Crippen molar-refractivity contribution in [2.75, 3.05) is 0 Å². The van der Waals surface area contributed by atoms with Crippen molar-refractivity contribution in [2.24, 2.45) is 0 Å². The molecule has 0 N–H and O–H groups in total. The fourth-order valence-electron chi connectivity index (χ4n) is 10.3. The van der Waals surface area contributed by atoms with E-state index in [4.69, 9.17) is 0 Å². The van der Waals surface area contributed by atoms with E-state index in [9.17, 15) is 14.9 Å². The molecule has 2 aromatic heterocycles. The van der Waals surface area contributed by atoms with E-state index in [0.29, 0.717) is 39.2 Å². The summed E-state index contributed by atoms with van der Waals surface area (Å²) in [6, 6.07) is 58.2.